The maximum absolute atomic E-state index is 3.48. The number of hydrogen-bond donors (Lipinski definition) is 0. The molecule has 0 heterocycles. The molecular weight excluding hydrogens is 387 g/mol. The van der Waals surface area contributed by atoms with Crippen molar-refractivity contribution in [3.8, 4) is 0 Å². The van der Waals surface area contributed by atoms with Crippen LogP contribution in [0.15, 0.2) is 65.1 Å². The van der Waals surface area contributed by atoms with Gasteiger partial charge in [0.25, 0.3) is 0 Å². The van der Waals surface area contributed by atoms with Crippen molar-refractivity contribution in [1.29, 1.82) is 0 Å². The van der Waals surface area contributed by atoms with Crippen LogP contribution in [0.2, 0.25) is 0 Å². The largest absolute Gasteiger partial charge is 4.00 e. The van der Waals surface area contributed by atoms with Crippen molar-refractivity contribution in [2.24, 2.45) is 0 Å². The third-order valence-corrected chi connectivity index (χ3v) is 3.87. The van der Waals surface area contributed by atoms with E-state index in [9.17, 15) is 0 Å². The fraction of sp³-hybridized carbons (Fsp3) is 0.222. The molecule has 0 atom stereocenters. The summed E-state index contributed by atoms with van der Waals surface area (Å²) in [6.07, 6.45) is 3.87. The first-order chi connectivity index (χ1) is 9.31. The first-order valence-corrected chi connectivity index (χ1v) is 7.61. The van der Waals surface area contributed by atoms with Gasteiger partial charge in [0.1, 0.15) is 0 Å². The van der Waals surface area contributed by atoms with Gasteiger partial charge in [-0.1, -0.05) is 48.2 Å². The Bertz CT molecular complexity index is 593. The molecule has 0 bridgehead atoms. The molecule has 2 heteroatoms. The van der Waals surface area contributed by atoms with Gasteiger partial charge in [0, 0.05) is 0 Å². The van der Waals surface area contributed by atoms with Crippen molar-refractivity contribution in [1.82, 2.24) is 0 Å². The summed E-state index contributed by atoms with van der Waals surface area (Å²) in [6, 6.07) is 21.1. The van der Waals surface area contributed by atoms with E-state index in [2.05, 4.69) is 77.5 Å². The number of hydrogen-bond acceptors (Lipinski definition) is 0. The zero-order chi connectivity index (χ0) is 13.5. The van der Waals surface area contributed by atoms with Gasteiger partial charge in [-0.3, -0.25) is 0 Å². The van der Waals surface area contributed by atoms with Gasteiger partial charge in [-0.25, -0.2) is 6.07 Å². The van der Waals surface area contributed by atoms with Gasteiger partial charge in [0.2, 0.25) is 0 Å². The average Bonchev–Trinajstić information content (AvgIpc) is 3.09. The van der Waals surface area contributed by atoms with Crippen LogP contribution in [0.5, 0.6) is 0 Å². The Morgan fingerprint density at radius 2 is 1.95 bits per heavy atom. The smallest absolute Gasteiger partial charge is 0.211 e. The van der Waals surface area contributed by atoms with Crippen molar-refractivity contribution in [2.45, 2.75) is 26.2 Å². The topological polar surface area (TPSA) is 0 Å². The van der Waals surface area contributed by atoms with Crippen LogP contribution >= 0.6 is 15.9 Å². The number of fused-ring (bicyclic) bond motifs is 1. The Kier molecular flexibility index (Phi) is 8.33. The fourth-order valence-electron chi connectivity index (χ4n) is 2.08. The van der Waals surface area contributed by atoms with Crippen molar-refractivity contribution in [2.75, 3.05) is 0 Å². The van der Waals surface area contributed by atoms with Gasteiger partial charge < -0.3 is 0 Å². The molecule has 0 spiro atoms. The SMILES string of the molecule is Brc1cccc2[cH-]ccc12.CCCCc1cc[cH-]c1.[Zr+4]. The Labute approximate surface area is 149 Å². The summed E-state index contributed by atoms with van der Waals surface area (Å²) in [6.45, 7) is 2.23. The molecule has 0 N–H and O–H groups in total. The maximum Gasteiger partial charge on any atom is 4.00 e. The molecule has 0 aliphatic carbocycles. The zero-order valence-electron chi connectivity index (χ0n) is 11.8. The van der Waals surface area contributed by atoms with Crippen LogP contribution in [0.25, 0.3) is 10.8 Å². The first-order valence-electron chi connectivity index (χ1n) is 6.82. The molecular formula is C18H19BrZr+2. The predicted octanol–water partition coefficient (Wildman–Crippen LogP) is 6.07. The van der Waals surface area contributed by atoms with E-state index in [0.717, 1.165) is 0 Å². The van der Waals surface area contributed by atoms with Crippen LogP contribution in [0.4, 0.5) is 0 Å². The molecule has 0 saturated carbocycles. The molecule has 3 aromatic rings. The standard InChI is InChI=1S/C9H6Br.C9H13.Zr/c10-9-6-2-4-7-3-1-5-8(7)9;1-2-3-6-9-7-4-5-8-9;/h1-6H;4-5,7-8H,2-3,6H2,1H3;/q2*-1;+4. The van der Waals surface area contributed by atoms with Crippen LogP contribution in [0.3, 0.4) is 0 Å². The maximum atomic E-state index is 3.48. The third-order valence-electron chi connectivity index (χ3n) is 3.18. The van der Waals surface area contributed by atoms with E-state index in [4.69, 9.17) is 0 Å². The summed E-state index contributed by atoms with van der Waals surface area (Å²) < 4.78 is 1.18. The summed E-state index contributed by atoms with van der Waals surface area (Å²) >= 11 is 3.48. The molecule has 0 fully saturated rings. The van der Waals surface area contributed by atoms with Gasteiger partial charge in [-0.15, -0.1) is 29.0 Å². The normalized spacial score (nSPS) is 9.70. The second-order valence-electron chi connectivity index (χ2n) is 4.67. The summed E-state index contributed by atoms with van der Waals surface area (Å²) in [4.78, 5) is 0. The fourth-order valence-corrected chi connectivity index (χ4v) is 2.60. The minimum atomic E-state index is 0. The Morgan fingerprint density at radius 1 is 1.10 bits per heavy atom. The summed E-state index contributed by atoms with van der Waals surface area (Å²) in [5.41, 5.74) is 1.48. The van der Waals surface area contributed by atoms with Crippen molar-refractivity contribution in [3.63, 3.8) is 0 Å². The van der Waals surface area contributed by atoms with E-state index in [0.29, 0.717) is 0 Å². The second-order valence-corrected chi connectivity index (χ2v) is 5.52. The number of unbranched alkanes of at least 4 members (excludes halogenated alkanes) is 1. The molecule has 0 aliphatic heterocycles. The van der Waals surface area contributed by atoms with Crippen LogP contribution in [0.1, 0.15) is 25.3 Å². The summed E-state index contributed by atoms with van der Waals surface area (Å²) in [7, 11) is 0. The van der Waals surface area contributed by atoms with Crippen molar-refractivity contribution >= 4 is 26.7 Å². The molecule has 20 heavy (non-hydrogen) atoms. The Hall–Kier alpha value is -0.457. The molecule has 0 saturated heterocycles. The quantitative estimate of drug-likeness (QED) is 0.463. The van der Waals surface area contributed by atoms with Crippen LogP contribution < -0.4 is 0 Å². The molecule has 3 rings (SSSR count). The van der Waals surface area contributed by atoms with Gasteiger partial charge in [-0.05, 0) is 4.47 Å². The number of benzene rings is 1. The summed E-state index contributed by atoms with van der Waals surface area (Å²) in [5, 5.41) is 2.59. The third kappa shape index (κ3) is 5.15. The zero-order valence-corrected chi connectivity index (χ0v) is 15.8. The van der Waals surface area contributed by atoms with Crippen LogP contribution in [0, 0.1) is 0 Å². The van der Waals surface area contributed by atoms with E-state index < -0.39 is 0 Å². The van der Waals surface area contributed by atoms with Gasteiger partial charge >= 0.3 is 26.2 Å². The van der Waals surface area contributed by atoms with E-state index in [-0.39, 0.29) is 26.2 Å². The predicted molar refractivity (Wildman–Crippen MR) is 87.9 cm³/mol. The molecule has 0 amide bonds. The van der Waals surface area contributed by atoms with E-state index in [1.165, 1.54) is 40.1 Å². The minimum absolute atomic E-state index is 0. The van der Waals surface area contributed by atoms with E-state index in [1.54, 1.807) is 0 Å². The number of rotatable bonds is 3. The van der Waals surface area contributed by atoms with Gasteiger partial charge in [-0.2, -0.15) is 35.9 Å². The molecule has 0 unspecified atom stereocenters. The number of halogens is 1. The Balaban J connectivity index is 0.000000192. The van der Waals surface area contributed by atoms with Crippen molar-refractivity contribution < 1.29 is 26.2 Å². The molecule has 100 valence electrons. The molecule has 0 aliphatic rings. The number of aryl methyl sites for hydroxylation is 1. The minimum Gasteiger partial charge on any atom is -0.211 e. The molecule has 3 aromatic carbocycles. The van der Waals surface area contributed by atoms with Crippen molar-refractivity contribution in [3.05, 3.63) is 70.7 Å². The average molecular weight is 406 g/mol. The van der Waals surface area contributed by atoms with Crippen LogP contribution in [-0.4, -0.2) is 0 Å². The van der Waals surface area contributed by atoms with E-state index >= 15 is 0 Å². The molecule has 0 nitrogen and oxygen atoms in total. The van der Waals surface area contributed by atoms with Gasteiger partial charge in [0.05, 0.1) is 0 Å². The summed E-state index contributed by atoms with van der Waals surface area (Å²) in [5.74, 6) is 0. The molecule has 0 aromatic heterocycles. The van der Waals surface area contributed by atoms with Crippen LogP contribution in [-0.2, 0) is 32.6 Å². The molecule has 0 radical (unpaired) electrons. The van der Waals surface area contributed by atoms with Gasteiger partial charge in [0.15, 0.2) is 0 Å². The second kappa shape index (κ2) is 9.47. The first kappa shape index (κ1) is 17.6. The monoisotopic (exact) mass is 404 g/mol. The Morgan fingerprint density at radius 3 is 2.60 bits per heavy atom. The van der Waals surface area contributed by atoms with E-state index in [1.807, 2.05) is 6.07 Å².